The van der Waals surface area contributed by atoms with Crippen LogP contribution in [0.3, 0.4) is 0 Å². The number of aliphatic carboxylic acids is 1. The molecule has 1 rings (SSSR count). The van der Waals surface area contributed by atoms with Gasteiger partial charge >= 0.3 is 12.0 Å². The van der Waals surface area contributed by atoms with Crippen LogP contribution in [0.2, 0.25) is 0 Å². The number of hydrogen-bond acceptors (Lipinski definition) is 3. The van der Waals surface area contributed by atoms with Crippen LogP contribution < -0.4 is 0 Å². The number of rotatable bonds is 4. The Morgan fingerprint density at radius 3 is 2.78 bits per heavy atom. The summed E-state index contributed by atoms with van der Waals surface area (Å²) in [6.07, 6.45) is 1.63. The molecule has 0 bridgehead atoms. The van der Waals surface area contributed by atoms with E-state index in [1.54, 1.807) is 11.0 Å². The van der Waals surface area contributed by atoms with Crippen molar-refractivity contribution in [1.29, 1.82) is 0 Å². The third-order valence-corrected chi connectivity index (χ3v) is 2.85. The quantitative estimate of drug-likeness (QED) is 0.755. The second kappa shape index (κ2) is 6.39. The molecule has 6 heteroatoms. The maximum Gasteiger partial charge on any atom is 0.328 e. The Balaban J connectivity index is 2.83. The molecule has 2 amide bonds. The van der Waals surface area contributed by atoms with Gasteiger partial charge in [-0.1, -0.05) is 6.08 Å². The van der Waals surface area contributed by atoms with Gasteiger partial charge in [0, 0.05) is 19.1 Å². The number of amides is 2. The van der Waals surface area contributed by atoms with Crippen LogP contribution in [0.25, 0.3) is 0 Å². The van der Waals surface area contributed by atoms with Crippen LogP contribution in [0.1, 0.15) is 13.8 Å². The van der Waals surface area contributed by atoms with Gasteiger partial charge in [-0.15, -0.1) is 6.58 Å². The lowest BCUT2D eigenvalue weighted by atomic mass is 10.2. The zero-order chi connectivity index (χ0) is 13.7. The second-order valence-electron chi connectivity index (χ2n) is 4.44. The van der Waals surface area contributed by atoms with Crippen molar-refractivity contribution in [2.24, 2.45) is 0 Å². The first-order valence-electron chi connectivity index (χ1n) is 5.97. The Labute approximate surface area is 107 Å². The maximum absolute atomic E-state index is 12.3. The summed E-state index contributed by atoms with van der Waals surface area (Å²) in [4.78, 5) is 26.4. The minimum absolute atomic E-state index is 0.00668. The molecule has 1 unspecified atom stereocenters. The first kappa shape index (κ1) is 14.5. The number of nitrogens with zero attached hydrogens (tertiary/aromatic N) is 2. The fraction of sp³-hybridized carbons (Fsp3) is 0.667. The molecule has 1 N–H and O–H groups in total. The van der Waals surface area contributed by atoms with Crippen molar-refractivity contribution in [3.63, 3.8) is 0 Å². The molecule has 0 saturated carbocycles. The SMILES string of the molecule is C=CCN(C(=O)N1CCOCC1C(=O)O)C(C)C. The predicted octanol–water partition coefficient (Wildman–Crippen LogP) is 0.788. The number of carboxylic acid groups (broad SMARTS) is 1. The van der Waals surface area contributed by atoms with Crippen LogP contribution in [0, 0.1) is 0 Å². The van der Waals surface area contributed by atoms with Crippen molar-refractivity contribution in [2.45, 2.75) is 25.9 Å². The van der Waals surface area contributed by atoms with Crippen molar-refractivity contribution in [3.8, 4) is 0 Å². The Bertz CT molecular complexity index is 330. The number of carbonyl (C=O) groups excluding carboxylic acids is 1. The monoisotopic (exact) mass is 256 g/mol. The molecule has 6 nitrogen and oxygen atoms in total. The fourth-order valence-electron chi connectivity index (χ4n) is 1.85. The van der Waals surface area contributed by atoms with E-state index in [0.29, 0.717) is 19.7 Å². The molecular weight excluding hydrogens is 236 g/mol. The summed E-state index contributed by atoms with van der Waals surface area (Å²) in [6.45, 7) is 8.50. The normalized spacial score (nSPS) is 19.7. The number of carboxylic acids is 1. The van der Waals surface area contributed by atoms with E-state index in [0.717, 1.165) is 0 Å². The Morgan fingerprint density at radius 2 is 2.28 bits per heavy atom. The Kier molecular flexibility index (Phi) is 5.15. The summed E-state index contributed by atoms with van der Waals surface area (Å²) in [6, 6.07) is -1.19. The standard InChI is InChI=1S/C12H20N2O4/c1-4-5-13(9(2)3)12(17)14-6-7-18-8-10(14)11(15)16/h4,9-10H,1,5-8H2,2-3H3,(H,15,16). The van der Waals surface area contributed by atoms with Crippen molar-refractivity contribution in [1.82, 2.24) is 9.80 Å². The molecule has 1 aliphatic heterocycles. The van der Waals surface area contributed by atoms with E-state index in [1.165, 1.54) is 4.90 Å². The van der Waals surface area contributed by atoms with Crippen LogP contribution in [0.15, 0.2) is 12.7 Å². The number of carbonyl (C=O) groups is 2. The molecule has 0 radical (unpaired) electrons. The first-order chi connectivity index (χ1) is 8.49. The summed E-state index contributed by atoms with van der Waals surface area (Å²) < 4.78 is 5.11. The molecule has 102 valence electrons. The van der Waals surface area contributed by atoms with Crippen LogP contribution in [0.4, 0.5) is 4.79 Å². The minimum atomic E-state index is -1.04. The summed E-state index contributed by atoms with van der Waals surface area (Å²) >= 11 is 0. The first-order valence-corrected chi connectivity index (χ1v) is 5.97. The zero-order valence-corrected chi connectivity index (χ0v) is 10.8. The summed E-state index contributed by atoms with van der Waals surface area (Å²) in [5.41, 5.74) is 0. The molecule has 1 aliphatic rings. The average molecular weight is 256 g/mol. The third kappa shape index (κ3) is 3.22. The van der Waals surface area contributed by atoms with E-state index in [9.17, 15) is 9.59 Å². The molecule has 0 spiro atoms. The smallest absolute Gasteiger partial charge is 0.328 e. The number of urea groups is 1. The average Bonchev–Trinajstić information content (AvgIpc) is 2.34. The van der Waals surface area contributed by atoms with Crippen LogP contribution >= 0.6 is 0 Å². The lowest BCUT2D eigenvalue weighted by molar-refractivity contribution is -0.147. The predicted molar refractivity (Wildman–Crippen MR) is 66.4 cm³/mol. The van der Waals surface area contributed by atoms with Crippen LogP contribution in [-0.2, 0) is 9.53 Å². The van der Waals surface area contributed by atoms with E-state index >= 15 is 0 Å². The van der Waals surface area contributed by atoms with Gasteiger partial charge in [-0.3, -0.25) is 0 Å². The highest BCUT2D eigenvalue weighted by molar-refractivity contribution is 5.83. The van der Waals surface area contributed by atoms with E-state index in [1.807, 2.05) is 13.8 Å². The molecule has 0 aromatic carbocycles. The summed E-state index contributed by atoms with van der Waals surface area (Å²) in [5.74, 6) is -1.04. The highest BCUT2D eigenvalue weighted by Crippen LogP contribution is 2.13. The van der Waals surface area contributed by atoms with Crippen LogP contribution in [-0.4, -0.2) is 65.3 Å². The highest BCUT2D eigenvalue weighted by atomic mass is 16.5. The molecule has 1 atom stereocenters. The minimum Gasteiger partial charge on any atom is -0.480 e. The molecule has 1 saturated heterocycles. The highest BCUT2D eigenvalue weighted by Gasteiger charge is 2.35. The second-order valence-corrected chi connectivity index (χ2v) is 4.44. The van der Waals surface area contributed by atoms with Crippen molar-refractivity contribution in [3.05, 3.63) is 12.7 Å². The molecule has 0 aromatic rings. The van der Waals surface area contributed by atoms with Crippen molar-refractivity contribution >= 4 is 12.0 Å². The van der Waals surface area contributed by atoms with Gasteiger partial charge in [0.15, 0.2) is 6.04 Å². The van der Waals surface area contributed by atoms with E-state index in [2.05, 4.69) is 6.58 Å². The van der Waals surface area contributed by atoms with Gasteiger partial charge in [-0.2, -0.15) is 0 Å². The van der Waals surface area contributed by atoms with Gasteiger partial charge in [0.1, 0.15) is 0 Å². The van der Waals surface area contributed by atoms with Crippen molar-refractivity contribution in [2.75, 3.05) is 26.3 Å². The van der Waals surface area contributed by atoms with E-state index < -0.39 is 12.0 Å². The zero-order valence-electron chi connectivity index (χ0n) is 10.8. The lowest BCUT2D eigenvalue weighted by Gasteiger charge is -2.38. The van der Waals surface area contributed by atoms with Crippen LogP contribution in [0.5, 0.6) is 0 Å². The van der Waals surface area contributed by atoms with E-state index in [-0.39, 0.29) is 18.7 Å². The Hall–Kier alpha value is -1.56. The molecule has 18 heavy (non-hydrogen) atoms. The molecule has 0 aliphatic carbocycles. The summed E-state index contributed by atoms with van der Waals surface area (Å²) in [5, 5.41) is 9.10. The van der Waals surface area contributed by atoms with Gasteiger partial charge in [0.05, 0.1) is 13.2 Å². The van der Waals surface area contributed by atoms with Crippen molar-refractivity contribution < 1.29 is 19.4 Å². The van der Waals surface area contributed by atoms with Gasteiger partial charge in [0.25, 0.3) is 0 Å². The van der Waals surface area contributed by atoms with Gasteiger partial charge < -0.3 is 19.6 Å². The lowest BCUT2D eigenvalue weighted by Crippen LogP contribution is -2.57. The number of ether oxygens (including phenoxy) is 1. The fourth-order valence-corrected chi connectivity index (χ4v) is 1.85. The topological polar surface area (TPSA) is 70.1 Å². The van der Waals surface area contributed by atoms with E-state index in [4.69, 9.17) is 9.84 Å². The van der Waals surface area contributed by atoms with Gasteiger partial charge in [0.2, 0.25) is 0 Å². The third-order valence-electron chi connectivity index (χ3n) is 2.85. The van der Waals surface area contributed by atoms with Gasteiger partial charge in [-0.05, 0) is 13.8 Å². The maximum atomic E-state index is 12.3. The Morgan fingerprint density at radius 1 is 1.61 bits per heavy atom. The number of morpholine rings is 1. The largest absolute Gasteiger partial charge is 0.480 e. The molecule has 1 fully saturated rings. The molecular formula is C12H20N2O4. The molecule has 0 aromatic heterocycles. The number of hydrogen-bond donors (Lipinski definition) is 1. The summed E-state index contributed by atoms with van der Waals surface area (Å²) in [7, 11) is 0. The molecule has 1 heterocycles. The van der Waals surface area contributed by atoms with Gasteiger partial charge in [-0.25, -0.2) is 9.59 Å².